The average Bonchev–Trinajstić information content (AvgIpc) is 3.02. The van der Waals surface area contributed by atoms with Crippen LogP contribution in [-0.4, -0.2) is 36.3 Å². The molecule has 1 aromatic carbocycles. The molecule has 3 unspecified atom stereocenters. The summed E-state index contributed by atoms with van der Waals surface area (Å²) >= 11 is 0. The van der Waals surface area contributed by atoms with Gasteiger partial charge in [0.1, 0.15) is 5.75 Å². The van der Waals surface area contributed by atoms with Gasteiger partial charge in [0, 0.05) is 18.5 Å². The van der Waals surface area contributed by atoms with Crippen LogP contribution < -0.4 is 10.1 Å². The number of hydrogen-bond donors (Lipinski definition) is 2. The Labute approximate surface area is 138 Å². The fourth-order valence-electron chi connectivity index (χ4n) is 3.27. The monoisotopic (exact) mass is 327 g/mol. The van der Waals surface area contributed by atoms with Gasteiger partial charge in [-0.15, -0.1) is 0 Å². The van der Waals surface area contributed by atoms with E-state index < -0.39 is 23.5 Å². The van der Waals surface area contributed by atoms with Crippen molar-refractivity contribution in [2.24, 2.45) is 11.8 Å². The van der Waals surface area contributed by atoms with Crippen LogP contribution in [0.2, 0.25) is 0 Å². The summed E-state index contributed by atoms with van der Waals surface area (Å²) in [6.07, 6.45) is 4.00. The minimum absolute atomic E-state index is 0.372. The second kappa shape index (κ2) is 6.41. The summed E-state index contributed by atoms with van der Waals surface area (Å²) in [4.78, 5) is 34.7. The topological polar surface area (TPSA) is 92.7 Å². The molecule has 1 aliphatic heterocycles. The molecule has 3 rings (SSSR count). The Balaban J connectivity index is 1.89. The standard InChI is InChI=1S/C18H17NO5/c1-24-12-5-2-10(3-6-12)17-16(18(22)23)13(9-19-17)11-4-7-14(20)15(21)8-11/h2-8,13,16-17,19H,9H2,1H3,(H,22,23). The van der Waals surface area contributed by atoms with Gasteiger partial charge in [-0.1, -0.05) is 18.2 Å². The number of methoxy groups -OCH3 is 1. The van der Waals surface area contributed by atoms with Gasteiger partial charge >= 0.3 is 5.97 Å². The van der Waals surface area contributed by atoms with E-state index in [1.165, 1.54) is 12.2 Å². The molecule has 3 atom stereocenters. The van der Waals surface area contributed by atoms with Crippen molar-refractivity contribution in [3.05, 3.63) is 53.6 Å². The fraction of sp³-hybridized carbons (Fsp3) is 0.278. The van der Waals surface area contributed by atoms with E-state index in [1.54, 1.807) is 25.3 Å². The maximum atomic E-state index is 11.8. The summed E-state index contributed by atoms with van der Waals surface area (Å²) < 4.78 is 5.12. The molecule has 6 nitrogen and oxygen atoms in total. The Morgan fingerprint density at radius 2 is 1.88 bits per heavy atom. The van der Waals surface area contributed by atoms with E-state index in [2.05, 4.69) is 5.32 Å². The number of carbonyl (C=O) groups is 3. The highest BCUT2D eigenvalue weighted by Crippen LogP contribution is 2.39. The van der Waals surface area contributed by atoms with E-state index in [0.29, 0.717) is 17.9 Å². The Hall–Kier alpha value is -2.73. The van der Waals surface area contributed by atoms with Gasteiger partial charge in [0.25, 0.3) is 0 Å². The van der Waals surface area contributed by atoms with Crippen LogP contribution in [0.4, 0.5) is 0 Å². The highest BCUT2D eigenvalue weighted by atomic mass is 16.5. The Morgan fingerprint density at radius 1 is 1.17 bits per heavy atom. The molecule has 1 saturated heterocycles. The van der Waals surface area contributed by atoms with Crippen molar-refractivity contribution in [3.8, 4) is 5.75 Å². The molecule has 1 aliphatic carbocycles. The molecule has 24 heavy (non-hydrogen) atoms. The number of ketones is 2. The summed E-state index contributed by atoms with van der Waals surface area (Å²) in [6.45, 7) is 0.422. The van der Waals surface area contributed by atoms with Gasteiger partial charge < -0.3 is 15.2 Å². The van der Waals surface area contributed by atoms with Crippen molar-refractivity contribution in [1.82, 2.24) is 5.32 Å². The van der Waals surface area contributed by atoms with Gasteiger partial charge in [0.15, 0.2) is 0 Å². The molecule has 0 saturated carbocycles. The van der Waals surface area contributed by atoms with Crippen molar-refractivity contribution in [1.29, 1.82) is 0 Å². The van der Waals surface area contributed by atoms with Crippen molar-refractivity contribution >= 4 is 17.5 Å². The maximum Gasteiger partial charge on any atom is 0.309 e. The van der Waals surface area contributed by atoms with E-state index in [1.807, 2.05) is 12.1 Å². The highest BCUT2D eigenvalue weighted by molar-refractivity contribution is 6.46. The lowest BCUT2D eigenvalue weighted by Crippen LogP contribution is -2.27. The normalized spacial score (nSPS) is 26.4. The molecule has 2 aliphatic rings. The first-order chi connectivity index (χ1) is 11.5. The Kier molecular flexibility index (Phi) is 4.31. The number of nitrogens with one attached hydrogen (secondary N) is 1. The number of aliphatic carboxylic acids is 1. The summed E-state index contributed by atoms with van der Waals surface area (Å²) in [7, 11) is 1.57. The Morgan fingerprint density at radius 3 is 2.46 bits per heavy atom. The van der Waals surface area contributed by atoms with Crippen molar-refractivity contribution in [2.45, 2.75) is 6.04 Å². The minimum atomic E-state index is -0.940. The average molecular weight is 327 g/mol. The second-order valence-corrected chi connectivity index (χ2v) is 5.84. The third-order valence-corrected chi connectivity index (χ3v) is 4.51. The third-order valence-electron chi connectivity index (χ3n) is 4.51. The lowest BCUT2D eigenvalue weighted by molar-refractivity contribution is -0.143. The van der Waals surface area contributed by atoms with Crippen LogP contribution in [0.15, 0.2) is 48.1 Å². The molecule has 0 amide bonds. The van der Waals surface area contributed by atoms with Crippen LogP contribution in [0.5, 0.6) is 5.75 Å². The van der Waals surface area contributed by atoms with Crippen LogP contribution in [-0.2, 0) is 14.4 Å². The third kappa shape index (κ3) is 2.88. The first-order valence-electron chi connectivity index (χ1n) is 7.59. The zero-order valence-electron chi connectivity index (χ0n) is 13.1. The molecular formula is C18H17NO5. The van der Waals surface area contributed by atoms with Gasteiger partial charge in [-0.25, -0.2) is 0 Å². The number of rotatable bonds is 4. The van der Waals surface area contributed by atoms with Gasteiger partial charge in [-0.05, 0) is 35.4 Å². The molecule has 0 radical (unpaired) electrons. The molecule has 1 fully saturated rings. The quantitative estimate of drug-likeness (QED) is 0.639. The summed E-state index contributed by atoms with van der Waals surface area (Å²) in [5.74, 6) is -2.53. The number of benzene rings is 1. The second-order valence-electron chi connectivity index (χ2n) is 5.84. The van der Waals surface area contributed by atoms with Gasteiger partial charge in [0.2, 0.25) is 11.6 Å². The zero-order valence-corrected chi connectivity index (χ0v) is 13.1. The van der Waals surface area contributed by atoms with Gasteiger partial charge in [-0.2, -0.15) is 0 Å². The van der Waals surface area contributed by atoms with Crippen molar-refractivity contribution in [3.63, 3.8) is 0 Å². The van der Waals surface area contributed by atoms with E-state index in [-0.39, 0.29) is 12.0 Å². The van der Waals surface area contributed by atoms with Crippen LogP contribution >= 0.6 is 0 Å². The molecule has 0 aromatic heterocycles. The van der Waals surface area contributed by atoms with Gasteiger partial charge in [0.05, 0.1) is 13.0 Å². The molecule has 2 N–H and O–H groups in total. The number of allylic oxidation sites excluding steroid dienone is 3. The molecule has 124 valence electrons. The number of ether oxygens (including phenoxy) is 1. The molecule has 0 bridgehead atoms. The smallest absolute Gasteiger partial charge is 0.309 e. The maximum absolute atomic E-state index is 11.8. The minimum Gasteiger partial charge on any atom is -0.497 e. The molecule has 1 aromatic rings. The number of carboxylic acid groups (broad SMARTS) is 1. The van der Waals surface area contributed by atoms with E-state index in [0.717, 1.165) is 5.56 Å². The molecule has 0 spiro atoms. The van der Waals surface area contributed by atoms with Crippen LogP contribution in [0.3, 0.4) is 0 Å². The summed E-state index contributed by atoms with van der Waals surface area (Å²) in [5.41, 5.74) is 1.42. The van der Waals surface area contributed by atoms with E-state index in [9.17, 15) is 19.5 Å². The number of carboxylic acids is 1. The van der Waals surface area contributed by atoms with Crippen molar-refractivity contribution in [2.75, 3.05) is 13.7 Å². The van der Waals surface area contributed by atoms with Crippen LogP contribution in [0.25, 0.3) is 0 Å². The van der Waals surface area contributed by atoms with Crippen LogP contribution in [0.1, 0.15) is 11.6 Å². The number of hydrogen-bond acceptors (Lipinski definition) is 5. The molecular weight excluding hydrogens is 310 g/mol. The van der Waals surface area contributed by atoms with E-state index >= 15 is 0 Å². The molecule has 6 heteroatoms. The predicted molar refractivity (Wildman–Crippen MR) is 85.6 cm³/mol. The zero-order chi connectivity index (χ0) is 17.3. The SMILES string of the molecule is COc1ccc(C2NCC(C3=CC(=O)C(=O)C=C3)C2C(=O)O)cc1. The first kappa shape index (κ1) is 16.1. The first-order valence-corrected chi connectivity index (χ1v) is 7.59. The lowest BCUT2D eigenvalue weighted by Gasteiger charge is -2.22. The Bertz CT molecular complexity index is 747. The lowest BCUT2D eigenvalue weighted by atomic mass is 9.81. The number of carbonyl (C=O) groups excluding carboxylic acids is 2. The summed E-state index contributed by atoms with van der Waals surface area (Å²) in [6, 6.07) is 6.85. The fourth-order valence-corrected chi connectivity index (χ4v) is 3.27. The molecule has 1 heterocycles. The summed E-state index contributed by atoms with van der Waals surface area (Å²) in [5, 5.41) is 12.9. The van der Waals surface area contributed by atoms with Gasteiger partial charge in [-0.3, -0.25) is 14.4 Å². The highest BCUT2D eigenvalue weighted by Gasteiger charge is 2.43. The largest absolute Gasteiger partial charge is 0.497 e. The van der Waals surface area contributed by atoms with Crippen molar-refractivity contribution < 1.29 is 24.2 Å². The van der Waals surface area contributed by atoms with E-state index in [4.69, 9.17) is 4.74 Å². The predicted octanol–water partition coefficient (Wildman–Crippen LogP) is 1.29. The van der Waals surface area contributed by atoms with Crippen LogP contribution in [0, 0.1) is 11.8 Å².